The Hall–Kier alpha value is -3.26. The highest BCUT2D eigenvalue weighted by Crippen LogP contribution is 2.25. The molecule has 6 heteroatoms. The van der Waals surface area contributed by atoms with Gasteiger partial charge < -0.3 is 0 Å². The van der Waals surface area contributed by atoms with E-state index in [0.29, 0.717) is 11.1 Å². The third-order valence-corrected chi connectivity index (χ3v) is 4.02. The van der Waals surface area contributed by atoms with Crippen molar-refractivity contribution in [1.82, 2.24) is 0 Å². The molecule has 138 valence electrons. The molecule has 0 spiro atoms. The second kappa shape index (κ2) is 8.18. The zero-order valence-electron chi connectivity index (χ0n) is 14.5. The van der Waals surface area contributed by atoms with Crippen LogP contribution in [0.25, 0.3) is 11.1 Å². The number of aliphatic imine (C=N–C) groups is 1. The molecule has 0 atom stereocenters. The average molecular weight is 397 g/mol. The lowest BCUT2D eigenvalue weighted by Gasteiger charge is -2.05. The summed E-state index contributed by atoms with van der Waals surface area (Å²) in [4.78, 5) is 3.28. The topological polar surface area (TPSA) is 12.4 Å². The Balaban J connectivity index is 1.98. The Morgan fingerprint density at radius 1 is 0.750 bits per heavy atom. The number of benzene rings is 3. The molecule has 0 aliphatic carbocycles. The maximum Gasteiger partial charge on any atom is 0.153 e. The average Bonchev–Trinajstić information content (AvgIpc) is 2.64. The predicted molar refractivity (Wildman–Crippen MR) is 104 cm³/mol. The summed E-state index contributed by atoms with van der Waals surface area (Å²) in [6.07, 6.45) is 0. The lowest BCUT2D eigenvalue weighted by molar-refractivity contribution is 0.578. The van der Waals surface area contributed by atoms with Crippen molar-refractivity contribution in [3.63, 3.8) is 0 Å². The largest absolute Gasteiger partial charge is 0.205 e. The molecule has 0 fully saturated rings. The van der Waals surface area contributed by atoms with E-state index in [1.165, 1.54) is 0 Å². The highest BCUT2D eigenvalue weighted by molar-refractivity contribution is 7.78. The molecule has 0 heterocycles. The first kappa shape index (κ1) is 19.5. The van der Waals surface area contributed by atoms with E-state index in [9.17, 15) is 17.6 Å². The molecule has 0 aromatic heterocycles. The van der Waals surface area contributed by atoms with E-state index in [1.807, 2.05) is 24.2 Å². The highest BCUT2D eigenvalue weighted by atomic mass is 32.1. The first-order valence-corrected chi connectivity index (χ1v) is 8.45. The minimum atomic E-state index is -1.00. The van der Waals surface area contributed by atoms with Gasteiger partial charge in [-0.25, -0.2) is 17.6 Å². The maximum absolute atomic E-state index is 14.4. The van der Waals surface area contributed by atoms with Crippen molar-refractivity contribution in [3.05, 3.63) is 88.5 Å². The van der Waals surface area contributed by atoms with Gasteiger partial charge in [0.05, 0.1) is 10.7 Å². The minimum absolute atomic E-state index is 0.0975. The zero-order valence-corrected chi connectivity index (χ0v) is 15.3. The minimum Gasteiger partial charge on any atom is -0.205 e. The Morgan fingerprint density at radius 2 is 1.32 bits per heavy atom. The fourth-order valence-corrected chi connectivity index (χ4v) is 2.62. The molecule has 0 saturated heterocycles. The number of nitrogens with zero attached hydrogens (tertiary/aromatic N) is 1. The molecule has 28 heavy (non-hydrogen) atoms. The van der Waals surface area contributed by atoms with Crippen LogP contribution < -0.4 is 0 Å². The third kappa shape index (κ3) is 4.17. The summed E-state index contributed by atoms with van der Waals surface area (Å²) in [5, 5.41) is 1.87. The third-order valence-electron chi connectivity index (χ3n) is 3.93. The van der Waals surface area contributed by atoms with Crippen LogP contribution in [-0.4, -0.2) is 5.16 Å². The molecule has 0 unspecified atom stereocenters. The Morgan fingerprint density at radius 3 is 1.86 bits per heavy atom. The van der Waals surface area contributed by atoms with Crippen LogP contribution in [0.15, 0.2) is 53.5 Å². The quantitative estimate of drug-likeness (QED) is 0.212. The SMILES string of the molecule is Cc1ccc(-c2cc(F)c(C#Cc3cc(F)c(N=C=S)c(F)c3)c(F)c2)cc1. The summed E-state index contributed by atoms with van der Waals surface area (Å²) in [5.41, 5.74) is 0.855. The van der Waals surface area contributed by atoms with Crippen LogP contribution in [0, 0.1) is 42.0 Å². The van der Waals surface area contributed by atoms with Gasteiger partial charge in [0.15, 0.2) is 11.6 Å². The van der Waals surface area contributed by atoms with Crippen molar-refractivity contribution >= 4 is 23.1 Å². The molecule has 3 rings (SSSR count). The molecule has 0 bridgehead atoms. The van der Waals surface area contributed by atoms with Crippen LogP contribution >= 0.6 is 12.2 Å². The number of halogens is 4. The lowest BCUT2D eigenvalue weighted by atomic mass is 10.0. The summed E-state index contributed by atoms with van der Waals surface area (Å²) < 4.78 is 56.4. The number of hydrogen-bond acceptors (Lipinski definition) is 2. The van der Waals surface area contributed by atoms with E-state index >= 15 is 0 Å². The Kier molecular flexibility index (Phi) is 5.70. The second-order valence-electron chi connectivity index (χ2n) is 5.92. The first-order chi connectivity index (χ1) is 13.4. The van der Waals surface area contributed by atoms with Gasteiger partial charge in [-0.15, -0.1) is 0 Å². The molecule has 0 aliphatic heterocycles. The van der Waals surface area contributed by atoms with Crippen molar-refractivity contribution in [3.8, 4) is 23.0 Å². The van der Waals surface area contributed by atoms with E-state index in [1.54, 1.807) is 12.1 Å². The summed E-state index contributed by atoms with van der Waals surface area (Å²) >= 11 is 4.32. The van der Waals surface area contributed by atoms with Gasteiger partial charge in [0.2, 0.25) is 0 Å². The molecule has 0 radical (unpaired) electrons. The fourth-order valence-electron chi connectivity index (χ4n) is 2.53. The smallest absolute Gasteiger partial charge is 0.153 e. The summed E-state index contributed by atoms with van der Waals surface area (Å²) in [5.74, 6) is 0.909. The zero-order chi connectivity index (χ0) is 20.3. The maximum atomic E-state index is 14.4. The molecule has 0 N–H and O–H groups in total. The monoisotopic (exact) mass is 397 g/mol. The number of isothiocyanates is 1. The molecular weight excluding hydrogens is 386 g/mol. The van der Waals surface area contributed by atoms with E-state index < -0.39 is 34.5 Å². The van der Waals surface area contributed by atoms with Crippen molar-refractivity contribution in [2.24, 2.45) is 4.99 Å². The second-order valence-corrected chi connectivity index (χ2v) is 6.11. The van der Waals surface area contributed by atoms with Crippen LogP contribution in [0.1, 0.15) is 16.7 Å². The highest BCUT2D eigenvalue weighted by Gasteiger charge is 2.12. The van der Waals surface area contributed by atoms with Gasteiger partial charge in [-0.1, -0.05) is 41.7 Å². The number of aryl methyl sites for hydroxylation is 1. The Labute approximate surface area is 164 Å². The lowest BCUT2D eigenvalue weighted by Crippen LogP contribution is -1.93. The van der Waals surface area contributed by atoms with Crippen molar-refractivity contribution in [2.75, 3.05) is 0 Å². The summed E-state index contributed by atoms with van der Waals surface area (Å²) in [7, 11) is 0. The van der Waals surface area contributed by atoms with Gasteiger partial charge in [0.1, 0.15) is 17.3 Å². The number of rotatable bonds is 2. The van der Waals surface area contributed by atoms with Gasteiger partial charge in [-0.3, -0.25) is 0 Å². The van der Waals surface area contributed by atoms with Crippen molar-refractivity contribution < 1.29 is 17.6 Å². The van der Waals surface area contributed by atoms with Crippen LogP contribution in [-0.2, 0) is 0 Å². The normalized spacial score (nSPS) is 10.0. The van der Waals surface area contributed by atoms with E-state index in [2.05, 4.69) is 29.1 Å². The molecule has 0 saturated carbocycles. The summed E-state index contributed by atoms with van der Waals surface area (Å²) in [6.45, 7) is 1.91. The van der Waals surface area contributed by atoms with Gasteiger partial charge in [0, 0.05) is 5.56 Å². The van der Waals surface area contributed by atoms with Crippen LogP contribution in [0.5, 0.6) is 0 Å². The fraction of sp³-hybridized carbons (Fsp3) is 0.0455. The molecule has 3 aromatic carbocycles. The molecular formula is C22H11F4NS. The van der Waals surface area contributed by atoms with E-state index in [-0.39, 0.29) is 5.56 Å². The standard InChI is InChI=1S/C22H11F4NS/c1-13-2-5-15(6-3-13)16-10-18(23)17(19(24)11-16)7-4-14-8-20(25)22(27-12-28)21(26)9-14/h2-3,5-6,8-11H,1H3. The summed E-state index contributed by atoms with van der Waals surface area (Å²) in [6, 6.07) is 11.3. The molecule has 1 nitrogen and oxygen atoms in total. The number of thiocarbonyl (C=S) groups is 1. The van der Waals surface area contributed by atoms with Crippen LogP contribution in [0.2, 0.25) is 0 Å². The predicted octanol–water partition coefficient (Wildman–Crippen LogP) is 6.35. The van der Waals surface area contributed by atoms with Crippen molar-refractivity contribution in [1.29, 1.82) is 0 Å². The van der Waals surface area contributed by atoms with E-state index in [0.717, 1.165) is 29.8 Å². The van der Waals surface area contributed by atoms with Crippen LogP contribution in [0.4, 0.5) is 23.2 Å². The van der Waals surface area contributed by atoms with Crippen molar-refractivity contribution in [2.45, 2.75) is 6.92 Å². The Bertz CT molecular complexity index is 1120. The number of hydrogen-bond donors (Lipinski definition) is 0. The van der Waals surface area contributed by atoms with E-state index in [4.69, 9.17) is 0 Å². The van der Waals surface area contributed by atoms with Gasteiger partial charge in [0.25, 0.3) is 0 Å². The first-order valence-electron chi connectivity index (χ1n) is 8.04. The van der Waals surface area contributed by atoms with Gasteiger partial charge >= 0.3 is 0 Å². The molecule has 0 aliphatic rings. The molecule has 3 aromatic rings. The van der Waals surface area contributed by atoms with Crippen LogP contribution in [0.3, 0.4) is 0 Å². The molecule has 0 amide bonds. The van der Waals surface area contributed by atoms with Gasteiger partial charge in [-0.05, 0) is 54.5 Å². The van der Waals surface area contributed by atoms with Gasteiger partial charge in [-0.2, -0.15) is 4.99 Å².